The fourth-order valence-corrected chi connectivity index (χ4v) is 2.66. The van der Waals surface area contributed by atoms with E-state index in [1.165, 1.54) is 0 Å². The van der Waals surface area contributed by atoms with Gasteiger partial charge in [0.1, 0.15) is 5.56 Å². The lowest BCUT2D eigenvalue weighted by Gasteiger charge is -2.19. The molecule has 2 aromatic heterocycles. The van der Waals surface area contributed by atoms with Crippen LogP contribution < -0.4 is 0 Å². The highest BCUT2D eigenvalue weighted by atomic mass is 16.2. The number of carbonyl (C=O) groups excluding carboxylic acids is 1. The topological polar surface area (TPSA) is 43.1 Å². The predicted octanol–water partition coefficient (Wildman–Crippen LogP) is 3.15. The maximum Gasteiger partial charge on any atom is 0.259 e. The van der Waals surface area contributed by atoms with Gasteiger partial charge in [0.2, 0.25) is 0 Å². The molecule has 0 atom stereocenters. The van der Waals surface area contributed by atoms with Gasteiger partial charge in [0.15, 0.2) is 5.82 Å². The van der Waals surface area contributed by atoms with Crippen molar-refractivity contribution >= 4 is 5.91 Å². The quantitative estimate of drug-likeness (QED) is 0.726. The molecule has 0 aliphatic carbocycles. The number of para-hydroxylation sites is 1. The van der Waals surface area contributed by atoms with E-state index >= 15 is 0 Å². The molecule has 0 N–H and O–H groups in total. The number of hydrogen-bond donors (Lipinski definition) is 0. The molecule has 0 fully saturated rings. The molecule has 118 valence electrons. The fourth-order valence-electron chi connectivity index (χ4n) is 2.66. The molecule has 3 rings (SSSR count). The summed E-state index contributed by atoms with van der Waals surface area (Å²) in [7, 11) is 0. The average Bonchev–Trinajstić information content (AvgIpc) is 3.25. The molecule has 0 aliphatic heterocycles. The Morgan fingerprint density at radius 3 is 2.30 bits per heavy atom. The third-order valence-corrected chi connectivity index (χ3v) is 3.87. The molecular weight excluding hydrogens is 288 g/mol. The van der Waals surface area contributed by atoms with Crippen LogP contribution in [0.3, 0.4) is 0 Å². The van der Waals surface area contributed by atoms with Gasteiger partial charge in [0.25, 0.3) is 5.91 Å². The average molecular weight is 308 g/mol. The van der Waals surface area contributed by atoms with Gasteiger partial charge >= 0.3 is 0 Å². The number of rotatable bonds is 5. The first-order valence-corrected chi connectivity index (χ1v) is 7.82. The summed E-state index contributed by atoms with van der Waals surface area (Å²) in [5.41, 5.74) is 1.53. The van der Waals surface area contributed by atoms with Crippen LogP contribution in [0.5, 0.6) is 0 Å². The normalized spacial score (nSPS) is 10.7. The summed E-state index contributed by atoms with van der Waals surface area (Å²) in [6.07, 6.45) is 5.51. The number of benzene rings is 1. The molecule has 0 radical (unpaired) electrons. The zero-order valence-corrected chi connectivity index (χ0v) is 13.4. The predicted molar refractivity (Wildman–Crippen MR) is 90.1 cm³/mol. The van der Waals surface area contributed by atoms with Crippen LogP contribution in [0.1, 0.15) is 24.2 Å². The van der Waals surface area contributed by atoms with Crippen molar-refractivity contribution in [3.63, 3.8) is 0 Å². The van der Waals surface area contributed by atoms with E-state index in [9.17, 15) is 4.79 Å². The maximum atomic E-state index is 12.8. The first kappa shape index (κ1) is 15.1. The Morgan fingerprint density at radius 2 is 1.70 bits per heavy atom. The highest BCUT2D eigenvalue weighted by Gasteiger charge is 2.22. The van der Waals surface area contributed by atoms with Gasteiger partial charge in [-0.2, -0.15) is 5.10 Å². The standard InChI is InChI=1S/C18H20N4O/c1-3-20(4-2)18(23)16-14-19-22(15-10-6-5-7-11-15)17(16)21-12-8-9-13-21/h5-14H,3-4H2,1-2H3. The summed E-state index contributed by atoms with van der Waals surface area (Å²) in [5, 5.41) is 4.46. The molecule has 2 heterocycles. The highest BCUT2D eigenvalue weighted by Crippen LogP contribution is 2.21. The van der Waals surface area contributed by atoms with Crippen LogP contribution >= 0.6 is 0 Å². The smallest absolute Gasteiger partial charge is 0.259 e. The zero-order chi connectivity index (χ0) is 16.2. The molecule has 5 heteroatoms. The van der Waals surface area contributed by atoms with Crippen molar-refractivity contribution in [3.05, 3.63) is 66.6 Å². The van der Waals surface area contributed by atoms with Crippen LogP contribution in [0.25, 0.3) is 11.5 Å². The zero-order valence-electron chi connectivity index (χ0n) is 13.4. The van der Waals surface area contributed by atoms with Crippen LogP contribution in [-0.4, -0.2) is 38.2 Å². The van der Waals surface area contributed by atoms with Crippen molar-refractivity contribution in [3.8, 4) is 11.5 Å². The summed E-state index contributed by atoms with van der Waals surface area (Å²) in [6, 6.07) is 13.7. The largest absolute Gasteiger partial charge is 0.339 e. The fraction of sp³-hybridized carbons (Fsp3) is 0.222. The van der Waals surface area contributed by atoms with Gasteiger partial charge in [-0.1, -0.05) is 18.2 Å². The van der Waals surface area contributed by atoms with E-state index in [0.717, 1.165) is 11.5 Å². The molecular formula is C18H20N4O. The van der Waals surface area contributed by atoms with E-state index in [-0.39, 0.29) is 5.91 Å². The van der Waals surface area contributed by atoms with Crippen LogP contribution in [-0.2, 0) is 0 Å². The first-order chi connectivity index (χ1) is 11.3. The molecule has 1 aromatic carbocycles. The SMILES string of the molecule is CCN(CC)C(=O)c1cnn(-c2ccccc2)c1-n1cccc1. The molecule has 3 aromatic rings. The molecule has 23 heavy (non-hydrogen) atoms. The van der Waals surface area contributed by atoms with Crippen molar-refractivity contribution in [2.24, 2.45) is 0 Å². The highest BCUT2D eigenvalue weighted by molar-refractivity contribution is 5.97. The van der Waals surface area contributed by atoms with Gasteiger partial charge in [-0.3, -0.25) is 4.79 Å². The Balaban J connectivity index is 2.15. The molecule has 0 unspecified atom stereocenters. The van der Waals surface area contributed by atoms with E-state index in [0.29, 0.717) is 18.7 Å². The molecule has 5 nitrogen and oxygen atoms in total. The summed E-state index contributed by atoms with van der Waals surface area (Å²) in [6.45, 7) is 5.32. The molecule has 0 spiro atoms. The minimum absolute atomic E-state index is 0.000816. The second kappa shape index (κ2) is 6.52. The van der Waals surface area contributed by atoms with E-state index in [2.05, 4.69) is 5.10 Å². The monoisotopic (exact) mass is 308 g/mol. The lowest BCUT2D eigenvalue weighted by atomic mass is 10.2. The lowest BCUT2D eigenvalue weighted by Crippen LogP contribution is -2.31. The summed E-state index contributed by atoms with van der Waals surface area (Å²) < 4.78 is 3.73. The Labute approximate surface area is 135 Å². The third-order valence-electron chi connectivity index (χ3n) is 3.87. The van der Waals surface area contributed by atoms with Crippen LogP contribution in [0.2, 0.25) is 0 Å². The van der Waals surface area contributed by atoms with Gasteiger partial charge in [0.05, 0.1) is 11.9 Å². The summed E-state index contributed by atoms with van der Waals surface area (Å²) in [5.74, 6) is 0.763. The Kier molecular flexibility index (Phi) is 4.28. The van der Waals surface area contributed by atoms with Gasteiger partial charge in [-0.05, 0) is 38.1 Å². The summed E-state index contributed by atoms with van der Waals surface area (Å²) >= 11 is 0. The van der Waals surface area contributed by atoms with Crippen molar-refractivity contribution in [2.45, 2.75) is 13.8 Å². The van der Waals surface area contributed by atoms with Crippen LogP contribution in [0.4, 0.5) is 0 Å². The van der Waals surface area contributed by atoms with Crippen LogP contribution in [0, 0.1) is 0 Å². The Morgan fingerprint density at radius 1 is 1.04 bits per heavy atom. The van der Waals surface area contributed by atoms with Crippen molar-refractivity contribution in [2.75, 3.05) is 13.1 Å². The Bertz CT molecular complexity index is 771. The number of amides is 1. The van der Waals surface area contributed by atoms with E-state index in [4.69, 9.17) is 0 Å². The summed E-state index contributed by atoms with van der Waals surface area (Å²) in [4.78, 5) is 14.6. The van der Waals surface area contributed by atoms with Crippen LogP contribution in [0.15, 0.2) is 61.1 Å². The third kappa shape index (κ3) is 2.77. The number of nitrogens with zero attached hydrogens (tertiary/aromatic N) is 4. The number of hydrogen-bond acceptors (Lipinski definition) is 2. The van der Waals surface area contributed by atoms with Crippen molar-refractivity contribution in [1.29, 1.82) is 0 Å². The van der Waals surface area contributed by atoms with E-state index in [1.807, 2.05) is 73.3 Å². The molecule has 1 amide bonds. The molecule has 0 aliphatic rings. The minimum atomic E-state index is 0.000816. The minimum Gasteiger partial charge on any atom is -0.339 e. The van der Waals surface area contributed by atoms with Crippen molar-refractivity contribution in [1.82, 2.24) is 19.2 Å². The first-order valence-electron chi connectivity index (χ1n) is 7.82. The molecule has 0 bridgehead atoms. The number of carbonyl (C=O) groups is 1. The van der Waals surface area contributed by atoms with E-state index < -0.39 is 0 Å². The van der Waals surface area contributed by atoms with Gasteiger partial charge < -0.3 is 9.47 Å². The van der Waals surface area contributed by atoms with Gasteiger partial charge in [-0.25, -0.2) is 4.68 Å². The van der Waals surface area contributed by atoms with Gasteiger partial charge in [0, 0.05) is 25.5 Å². The second-order valence-electron chi connectivity index (χ2n) is 5.20. The maximum absolute atomic E-state index is 12.8. The Hall–Kier alpha value is -2.82. The van der Waals surface area contributed by atoms with E-state index in [1.54, 1.807) is 15.8 Å². The molecule has 0 saturated carbocycles. The van der Waals surface area contributed by atoms with Crippen molar-refractivity contribution < 1.29 is 4.79 Å². The lowest BCUT2D eigenvalue weighted by molar-refractivity contribution is 0.0773. The molecule has 0 saturated heterocycles. The van der Waals surface area contributed by atoms with Gasteiger partial charge in [-0.15, -0.1) is 0 Å². The second-order valence-corrected chi connectivity index (χ2v) is 5.20. The number of aromatic nitrogens is 3.